The molecule has 0 aromatic heterocycles. The van der Waals surface area contributed by atoms with Gasteiger partial charge in [0.05, 0.1) is 6.04 Å². The third-order valence-corrected chi connectivity index (χ3v) is 3.10. The summed E-state index contributed by atoms with van der Waals surface area (Å²) in [6.45, 7) is 11.4. The fraction of sp³-hybridized carbons (Fsp3) is 0.800. The molecule has 0 radical (unpaired) electrons. The molecule has 2 amide bonds. The normalized spacial score (nSPS) is 13.2. The molecule has 0 aliphatic heterocycles. The van der Waals surface area contributed by atoms with Crippen LogP contribution in [0.15, 0.2) is 5.10 Å². The van der Waals surface area contributed by atoms with Gasteiger partial charge in [-0.15, -0.1) is 0 Å². The van der Waals surface area contributed by atoms with Crippen molar-refractivity contribution in [2.45, 2.75) is 77.7 Å². The standard InChI is InChI=1S/C15H29N3O3S/c1-7-8-9-12(17-13(19)21-15(4,5)6)10-16-18-14(20)22-11(2)3/h10-12H,7-9H2,1-6H3,(H,17,19)(H,18,20)/b16-10+/t12-/m0/s1. The number of hydrogen-bond donors (Lipinski definition) is 2. The van der Waals surface area contributed by atoms with Gasteiger partial charge in [-0.3, -0.25) is 4.79 Å². The predicted molar refractivity (Wildman–Crippen MR) is 92.4 cm³/mol. The van der Waals surface area contributed by atoms with E-state index in [1.54, 1.807) is 6.21 Å². The molecule has 0 saturated heterocycles. The van der Waals surface area contributed by atoms with Crippen LogP contribution in [-0.2, 0) is 4.74 Å². The van der Waals surface area contributed by atoms with E-state index in [4.69, 9.17) is 4.74 Å². The van der Waals surface area contributed by atoms with Gasteiger partial charge < -0.3 is 10.1 Å². The molecule has 2 N–H and O–H groups in total. The van der Waals surface area contributed by atoms with Crippen molar-refractivity contribution >= 4 is 29.3 Å². The third kappa shape index (κ3) is 12.5. The molecule has 0 unspecified atom stereocenters. The number of nitrogens with one attached hydrogen (secondary N) is 2. The molecule has 0 fully saturated rings. The average molecular weight is 331 g/mol. The van der Waals surface area contributed by atoms with E-state index in [-0.39, 0.29) is 16.5 Å². The number of carbonyl (C=O) groups excluding carboxylic acids is 2. The summed E-state index contributed by atoms with van der Waals surface area (Å²) in [5, 5.41) is 6.66. The molecule has 0 saturated carbocycles. The molecule has 128 valence electrons. The molecule has 0 rings (SSSR count). The molecular formula is C15H29N3O3S. The van der Waals surface area contributed by atoms with Crippen molar-refractivity contribution in [2.75, 3.05) is 0 Å². The lowest BCUT2D eigenvalue weighted by Crippen LogP contribution is -2.40. The summed E-state index contributed by atoms with van der Waals surface area (Å²) in [4.78, 5) is 23.3. The van der Waals surface area contributed by atoms with Crippen molar-refractivity contribution < 1.29 is 14.3 Å². The summed E-state index contributed by atoms with van der Waals surface area (Å²) in [7, 11) is 0. The number of nitrogens with zero attached hydrogens (tertiary/aromatic N) is 1. The minimum atomic E-state index is -0.543. The van der Waals surface area contributed by atoms with Crippen LogP contribution in [0.3, 0.4) is 0 Å². The summed E-state index contributed by atoms with van der Waals surface area (Å²) < 4.78 is 5.23. The lowest BCUT2D eigenvalue weighted by molar-refractivity contribution is 0.0517. The van der Waals surface area contributed by atoms with Gasteiger partial charge in [0.15, 0.2) is 0 Å². The summed E-state index contributed by atoms with van der Waals surface area (Å²) in [6, 6.07) is -0.265. The van der Waals surface area contributed by atoms with Gasteiger partial charge in [-0.1, -0.05) is 45.4 Å². The van der Waals surface area contributed by atoms with Gasteiger partial charge >= 0.3 is 6.09 Å². The van der Waals surface area contributed by atoms with Crippen molar-refractivity contribution in [1.82, 2.24) is 10.7 Å². The highest BCUT2D eigenvalue weighted by molar-refractivity contribution is 8.14. The number of hydrogen-bond acceptors (Lipinski definition) is 5. The molecule has 1 atom stereocenters. The maximum absolute atomic E-state index is 11.8. The van der Waals surface area contributed by atoms with Gasteiger partial charge in [0, 0.05) is 11.5 Å². The number of rotatable bonds is 7. The lowest BCUT2D eigenvalue weighted by Gasteiger charge is -2.22. The molecule has 0 spiro atoms. The molecule has 0 bridgehead atoms. The Balaban J connectivity index is 4.44. The van der Waals surface area contributed by atoms with Crippen LogP contribution in [0.1, 0.15) is 60.8 Å². The maximum atomic E-state index is 11.8. The van der Waals surface area contributed by atoms with E-state index in [1.165, 1.54) is 11.8 Å². The Bertz CT molecular complexity index is 379. The van der Waals surface area contributed by atoms with Crippen molar-refractivity contribution in [3.63, 3.8) is 0 Å². The average Bonchev–Trinajstić information content (AvgIpc) is 2.32. The van der Waals surface area contributed by atoms with E-state index >= 15 is 0 Å². The van der Waals surface area contributed by atoms with Gasteiger partial charge in [-0.05, 0) is 27.2 Å². The highest BCUT2D eigenvalue weighted by Gasteiger charge is 2.18. The largest absolute Gasteiger partial charge is 0.444 e. The summed E-state index contributed by atoms with van der Waals surface area (Å²) in [5.41, 5.74) is 1.90. The SMILES string of the molecule is CCCC[C@@H](/C=N/NC(=O)SC(C)C)NC(=O)OC(C)(C)C. The Labute approximate surface area is 137 Å². The quantitative estimate of drug-likeness (QED) is 0.547. The van der Waals surface area contributed by atoms with E-state index in [0.717, 1.165) is 19.3 Å². The van der Waals surface area contributed by atoms with Crippen LogP contribution in [0.2, 0.25) is 0 Å². The number of amides is 2. The van der Waals surface area contributed by atoms with Crippen LogP contribution in [-0.4, -0.2) is 34.4 Å². The number of thioether (sulfide) groups is 1. The van der Waals surface area contributed by atoms with Crippen LogP contribution >= 0.6 is 11.8 Å². The molecule has 7 heteroatoms. The Morgan fingerprint density at radius 2 is 1.95 bits per heavy atom. The number of hydrazone groups is 1. The molecule has 6 nitrogen and oxygen atoms in total. The molecule has 0 aliphatic carbocycles. The number of alkyl carbamates (subject to hydrolysis) is 1. The molecule has 0 aliphatic rings. The van der Waals surface area contributed by atoms with E-state index in [0.29, 0.717) is 0 Å². The zero-order valence-corrected chi connectivity index (χ0v) is 15.3. The second-order valence-corrected chi connectivity index (χ2v) is 7.79. The first-order valence-electron chi connectivity index (χ1n) is 7.63. The molecule has 22 heavy (non-hydrogen) atoms. The number of carbonyl (C=O) groups is 2. The molecule has 0 aromatic carbocycles. The predicted octanol–water partition coefficient (Wildman–Crippen LogP) is 3.91. The van der Waals surface area contributed by atoms with Crippen molar-refractivity contribution in [3.05, 3.63) is 0 Å². The zero-order chi connectivity index (χ0) is 17.2. The lowest BCUT2D eigenvalue weighted by atomic mass is 10.1. The second-order valence-electron chi connectivity index (χ2n) is 6.24. The number of unbranched alkanes of at least 4 members (excludes halogenated alkanes) is 1. The summed E-state index contributed by atoms with van der Waals surface area (Å²) in [5.74, 6) is 0. The Kier molecular flexibility index (Phi) is 9.89. The van der Waals surface area contributed by atoms with Gasteiger partial charge in [-0.25, -0.2) is 10.2 Å². The second kappa shape index (κ2) is 10.5. The van der Waals surface area contributed by atoms with Crippen LogP contribution in [0.4, 0.5) is 9.59 Å². The van der Waals surface area contributed by atoms with Crippen LogP contribution in [0.5, 0.6) is 0 Å². The Hall–Kier alpha value is -1.24. The first-order valence-corrected chi connectivity index (χ1v) is 8.51. The Morgan fingerprint density at radius 3 is 2.45 bits per heavy atom. The Morgan fingerprint density at radius 1 is 1.32 bits per heavy atom. The highest BCUT2D eigenvalue weighted by atomic mass is 32.2. The van der Waals surface area contributed by atoms with E-state index in [1.807, 2.05) is 34.6 Å². The molecule has 0 heterocycles. The zero-order valence-electron chi connectivity index (χ0n) is 14.4. The third-order valence-electron chi connectivity index (χ3n) is 2.32. The van der Waals surface area contributed by atoms with E-state index in [9.17, 15) is 9.59 Å². The molecular weight excluding hydrogens is 302 g/mol. The van der Waals surface area contributed by atoms with Gasteiger partial charge in [-0.2, -0.15) is 5.10 Å². The van der Waals surface area contributed by atoms with Crippen molar-refractivity contribution in [3.8, 4) is 0 Å². The molecule has 0 aromatic rings. The minimum Gasteiger partial charge on any atom is -0.444 e. The summed E-state index contributed by atoms with van der Waals surface area (Å²) >= 11 is 1.17. The topological polar surface area (TPSA) is 79.8 Å². The monoisotopic (exact) mass is 331 g/mol. The maximum Gasteiger partial charge on any atom is 0.408 e. The van der Waals surface area contributed by atoms with Crippen molar-refractivity contribution in [2.24, 2.45) is 5.10 Å². The fourth-order valence-corrected chi connectivity index (χ4v) is 2.02. The van der Waals surface area contributed by atoms with Gasteiger partial charge in [0.2, 0.25) is 0 Å². The first-order chi connectivity index (χ1) is 10.1. The van der Waals surface area contributed by atoms with Gasteiger partial charge in [0.1, 0.15) is 5.60 Å². The van der Waals surface area contributed by atoms with E-state index in [2.05, 4.69) is 22.8 Å². The van der Waals surface area contributed by atoms with Gasteiger partial charge in [0.25, 0.3) is 5.24 Å². The fourth-order valence-electron chi connectivity index (χ4n) is 1.49. The van der Waals surface area contributed by atoms with Crippen LogP contribution in [0.25, 0.3) is 0 Å². The van der Waals surface area contributed by atoms with E-state index < -0.39 is 11.7 Å². The van der Waals surface area contributed by atoms with Crippen molar-refractivity contribution in [1.29, 1.82) is 0 Å². The van der Waals surface area contributed by atoms with Crippen LogP contribution < -0.4 is 10.7 Å². The van der Waals surface area contributed by atoms with Crippen LogP contribution in [0, 0.1) is 0 Å². The first kappa shape index (κ1) is 20.8. The summed E-state index contributed by atoms with van der Waals surface area (Å²) in [6.07, 6.45) is 3.75. The smallest absolute Gasteiger partial charge is 0.408 e. The number of ether oxygens (including phenoxy) is 1. The minimum absolute atomic E-state index is 0.200. The highest BCUT2D eigenvalue weighted by Crippen LogP contribution is 2.09.